The van der Waals surface area contributed by atoms with Gasteiger partial charge in [-0.15, -0.1) is 0 Å². The Balaban J connectivity index is 2.08. The van der Waals surface area contributed by atoms with Crippen LogP contribution in [0.5, 0.6) is 5.75 Å². The van der Waals surface area contributed by atoms with Crippen molar-refractivity contribution in [2.45, 2.75) is 65.1 Å². The maximum Gasteiger partial charge on any atom is 0.329 e. The van der Waals surface area contributed by atoms with Gasteiger partial charge in [0.05, 0.1) is 31.4 Å². The molecule has 1 aromatic carbocycles. The largest absolute Gasteiger partial charge is 0.494 e. The Bertz CT molecular complexity index is 1150. The summed E-state index contributed by atoms with van der Waals surface area (Å²) in [7, 11) is -4.32. The summed E-state index contributed by atoms with van der Waals surface area (Å²) in [6.45, 7) is 5.73. The number of amides is 3. The molecule has 0 aliphatic rings. The summed E-state index contributed by atoms with van der Waals surface area (Å²) in [6.07, 6.45) is 3.25. The fourth-order valence-electron chi connectivity index (χ4n) is 4.27. The highest BCUT2D eigenvalue weighted by atomic mass is 31.2. The van der Waals surface area contributed by atoms with Crippen LogP contribution in [0.2, 0.25) is 0 Å². The molecule has 0 fully saturated rings. The third kappa shape index (κ3) is 10.1. The van der Waals surface area contributed by atoms with Gasteiger partial charge >= 0.3 is 7.60 Å². The van der Waals surface area contributed by atoms with Crippen molar-refractivity contribution in [1.29, 1.82) is 0 Å². The first-order valence-corrected chi connectivity index (χ1v) is 14.7. The zero-order valence-corrected chi connectivity index (χ0v) is 23.4. The molecule has 0 bridgehead atoms. The highest BCUT2D eigenvalue weighted by molar-refractivity contribution is 7.50. The van der Waals surface area contributed by atoms with Gasteiger partial charge in [0.1, 0.15) is 11.5 Å². The first-order valence-electron chi connectivity index (χ1n) is 12.9. The summed E-state index contributed by atoms with van der Waals surface area (Å²) in [6, 6.07) is 7.02. The van der Waals surface area contributed by atoms with E-state index in [1.807, 2.05) is 6.92 Å². The lowest BCUT2D eigenvalue weighted by atomic mass is 9.90. The number of hydrogen-bond donors (Lipinski definition) is 5. The monoisotopic (exact) mass is 567 g/mol. The number of nitrogens with zero attached hydrogens (tertiary/aromatic N) is 1. The van der Waals surface area contributed by atoms with Crippen molar-refractivity contribution in [3.05, 3.63) is 41.7 Å². The first kappa shape index (κ1) is 32.0. The van der Waals surface area contributed by atoms with Gasteiger partial charge in [-0.05, 0) is 55.7 Å². The smallest absolute Gasteiger partial charge is 0.329 e. The predicted molar refractivity (Wildman–Crippen MR) is 143 cm³/mol. The minimum atomic E-state index is -4.32. The van der Waals surface area contributed by atoms with E-state index in [-0.39, 0.29) is 24.6 Å². The molecule has 1 aromatic heterocycles. The molecule has 0 aliphatic carbocycles. The van der Waals surface area contributed by atoms with Crippen molar-refractivity contribution in [3.8, 4) is 17.1 Å². The van der Waals surface area contributed by atoms with E-state index in [4.69, 9.17) is 9.15 Å². The molecule has 0 radical (unpaired) electrons. The lowest BCUT2D eigenvalue weighted by molar-refractivity contribution is -0.168. The van der Waals surface area contributed by atoms with Crippen molar-refractivity contribution >= 4 is 25.8 Å². The van der Waals surface area contributed by atoms with Gasteiger partial charge in [0.15, 0.2) is 5.76 Å². The molecule has 12 nitrogen and oxygen atoms in total. The Kier molecular flexibility index (Phi) is 12.7. The van der Waals surface area contributed by atoms with E-state index in [0.29, 0.717) is 41.4 Å². The average molecular weight is 568 g/mol. The standard InChI is InChI=1S/C26H38N3O9P/c1-4-7-8-9-21(22(5-2)29(33)17-30)25(31)27-16-28-26(32)24-11-10-23(38-24)19-12-18(15-39(34,35)36)13-20(14-19)37-6-3/h10-14,17,21-22,33H,4-9,15-16H2,1-3H3,(H,27,31)(H,28,32)(H2,34,35,36)/t21?,22-/m1/s1. The number of nitrogens with one attached hydrogen (secondary N) is 2. The molecule has 1 heterocycles. The van der Waals surface area contributed by atoms with E-state index in [0.717, 1.165) is 19.3 Å². The summed E-state index contributed by atoms with van der Waals surface area (Å²) in [4.78, 5) is 55.3. The Hall–Kier alpha value is -3.18. The molecule has 5 N–H and O–H groups in total. The summed E-state index contributed by atoms with van der Waals surface area (Å²) in [5.41, 5.74) is 0.824. The Morgan fingerprint density at radius 3 is 2.49 bits per heavy atom. The summed E-state index contributed by atoms with van der Waals surface area (Å²) in [5.74, 6) is -0.987. The van der Waals surface area contributed by atoms with Gasteiger partial charge < -0.3 is 29.6 Å². The molecule has 13 heteroatoms. The van der Waals surface area contributed by atoms with E-state index in [1.165, 1.54) is 12.1 Å². The predicted octanol–water partition coefficient (Wildman–Crippen LogP) is 3.65. The summed E-state index contributed by atoms with van der Waals surface area (Å²) < 4.78 is 22.7. The molecule has 3 amide bonds. The maximum atomic E-state index is 12.9. The second-order valence-corrected chi connectivity index (χ2v) is 10.7. The Morgan fingerprint density at radius 2 is 1.87 bits per heavy atom. The normalized spacial score (nSPS) is 12.9. The number of benzene rings is 1. The van der Waals surface area contributed by atoms with Gasteiger partial charge in [0, 0.05) is 5.56 Å². The molecular weight excluding hydrogens is 529 g/mol. The Morgan fingerprint density at radius 1 is 1.13 bits per heavy atom. The van der Waals surface area contributed by atoms with Crippen LogP contribution in [0.25, 0.3) is 11.3 Å². The van der Waals surface area contributed by atoms with E-state index in [1.54, 1.807) is 32.0 Å². The van der Waals surface area contributed by atoms with E-state index < -0.39 is 37.5 Å². The summed E-state index contributed by atoms with van der Waals surface area (Å²) >= 11 is 0. The zero-order valence-electron chi connectivity index (χ0n) is 22.5. The fraction of sp³-hybridized carbons (Fsp3) is 0.500. The number of carbonyl (C=O) groups excluding carboxylic acids is 3. The number of carbonyl (C=O) groups is 3. The molecule has 39 heavy (non-hydrogen) atoms. The van der Waals surface area contributed by atoms with E-state index >= 15 is 0 Å². The third-order valence-corrected chi connectivity index (χ3v) is 6.85. The molecule has 2 rings (SSSR count). The number of hydroxylamine groups is 2. The van der Waals surface area contributed by atoms with Crippen LogP contribution >= 0.6 is 7.60 Å². The van der Waals surface area contributed by atoms with Gasteiger partial charge in [-0.3, -0.25) is 24.2 Å². The molecule has 0 saturated carbocycles. The van der Waals surface area contributed by atoms with E-state index in [9.17, 15) is 33.9 Å². The highest BCUT2D eigenvalue weighted by Crippen LogP contribution is 2.41. The van der Waals surface area contributed by atoms with Gasteiger partial charge in [-0.25, -0.2) is 5.06 Å². The fourth-order valence-corrected chi connectivity index (χ4v) is 4.93. The second-order valence-electron chi connectivity index (χ2n) is 9.07. The maximum absolute atomic E-state index is 12.9. The lowest BCUT2D eigenvalue weighted by Crippen LogP contribution is -2.47. The average Bonchev–Trinajstić information content (AvgIpc) is 3.37. The zero-order chi connectivity index (χ0) is 29.0. The van der Waals surface area contributed by atoms with Gasteiger partial charge in [0.25, 0.3) is 5.91 Å². The highest BCUT2D eigenvalue weighted by Gasteiger charge is 2.30. The summed E-state index contributed by atoms with van der Waals surface area (Å²) in [5, 5.41) is 15.6. The van der Waals surface area contributed by atoms with Crippen LogP contribution in [-0.4, -0.2) is 57.6 Å². The topological polar surface area (TPSA) is 179 Å². The minimum absolute atomic E-state index is 0.0361. The Labute approximate surface area is 227 Å². The molecule has 2 atom stereocenters. The van der Waals surface area contributed by atoms with Gasteiger partial charge in [-0.2, -0.15) is 0 Å². The van der Waals surface area contributed by atoms with Crippen LogP contribution < -0.4 is 15.4 Å². The molecule has 2 aromatic rings. The second kappa shape index (κ2) is 15.4. The molecule has 0 aliphatic heterocycles. The van der Waals surface area contributed by atoms with Crippen LogP contribution in [0.4, 0.5) is 0 Å². The molecule has 0 saturated heterocycles. The number of rotatable bonds is 17. The molecule has 0 spiro atoms. The molecular formula is C26H38N3O9P. The SMILES string of the molecule is CCCCCC(C(=O)NCNC(=O)c1ccc(-c2cc(CP(=O)(O)O)cc(OCC)c2)o1)[C@@H](CC)N(O)C=O. The van der Waals surface area contributed by atoms with E-state index in [2.05, 4.69) is 10.6 Å². The number of furan rings is 1. The lowest BCUT2D eigenvalue weighted by Gasteiger charge is -2.29. The van der Waals surface area contributed by atoms with Crippen LogP contribution in [0.1, 0.15) is 69.0 Å². The number of hydrogen-bond acceptors (Lipinski definition) is 7. The van der Waals surface area contributed by atoms with Crippen molar-refractivity contribution in [2.75, 3.05) is 13.3 Å². The molecule has 1 unspecified atom stereocenters. The first-order chi connectivity index (χ1) is 18.5. The third-order valence-electron chi connectivity index (χ3n) is 6.08. The number of unbranched alkanes of at least 4 members (excludes halogenated alkanes) is 2. The van der Waals surface area contributed by atoms with Gasteiger partial charge in [0.2, 0.25) is 12.3 Å². The van der Waals surface area contributed by atoms with Crippen molar-refractivity contribution in [3.63, 3.8) is 0 Å². The van der Waals surface area contributed by atoms with Crippen LogP contribution in [0, 0.1) is 5.92 Å². The van der Waals surface area contributed by atoms with Crippen LogP contribution in [0.15, 0.2) is 34.7 Å². The van der Waals surface area contributed by atoms with Crippen molar-refractivity contribution < 1.29 is 43.1 Å². The van der Waals surface area contributed by atoms with Crippen LogP contribution in [0.3, 0.4) is 0 Å². The number of ether oxygens (including phenoxy) is 1. The molecule has 216 valence electrons. The van der Waals surface area contributed by atoms with Crippen LogP contribution in [-0.2, 0) is 20.3 Å². The van der Waals surface area contributed by atoms with Crippen molar-refractivity contribution in [1.82, 2.24) is 15.7 Å². The minimum Gasteiger partial charge on any atom is -0.494 e. The van der Waals surface area contributed by atoms with Gasteiger partial charge in [-0.1, -0.05) is 33.1 Å². The quantitative estimate of drug-likeness (QED) is 0.0476. The van der Waals surface area contributed by atoms with Crippen molar-refractivity contribution in [2.24, 2.45) is 5.92 Å².